The van der Waals surface area contributed by atoms with Crippen LogP contribution in [0.3, 0.4) is 0 Å². The van der Waals surface area contributed by atoms with Gasteiger partial charge in [-0.1, -0.05) is 30.3 Å². The third-order valence-corrected chi connectivity index (χ3v) is 3.65. The molecule has 2 aromatic carbocycles. The summed E-state index contributed by atoms with van der Waals surface area (Å²) < 4.78 is 0.516. The first kappa shape index (κ1) is 12.5. The number of nitrogens with two attached hydrogens (primary N) is 1. The number of phenols is 1. The van der Waals surface area contributed by atoms with E-state index in [9.17, 15) is 5.11 Å². The van der Waals surface area contributed by atoms with Crippen molar-refractivity contribution in [2.75, 3.05) is 5.73 Å². The van der Waals surface area contributed by atoms with Crippen molar-refractivity contribution in [3.63, 3.8) is 0 Å². The van der Waals surface area contributed by atoms with Crippen molar-refractivity contribution < 1.29 is 5.11 Å². The zero-order valence-corrected chi connectivity index (χ0v) is 11.3. The molecule has 0 saturated carbocycles. The Kier molecular flexibility index (Phi) is 3.26. The van der Waals surface area contributed by atoms with E-state index in [0.29, 0.717) is 10.0 Å². The molecule has 0 spiro atoms. The van der Waals surface area contributed by atoms with Crippen molar-refractivity contribution in [3.8, 4) is 22.9 Å². The number of anilines is 1. The van der Waals surface area contributed by atoms with E-state index in [2.05, 4.69) is 15.9 Å². The van der Waals surface area contributed by atoms with Gasteiger partial charge in [-0.05, 0) is 34.0 Å². The second-order valence-corrected chi connectivity index (χ2v) is 4.72. The molecule has 0 saturated heterocycles. The minimum Gasteiger partial charge on any atom is -0.505 e. The minimum atomic E-state index is -0.0870. The molecule has 0 atom stereocenters. The SMILES string of the molecule is Cc1c(C#N)c(N)c(O)c(Br)c1-c1ccccc1. The molecule has 0 bridgehead atoms. The van der Waals surface area contributed by atoms with E-state index in [4.69, 9.17) is 11.0 Å². The number of benzene rings is 2. The minimum absolute atomic E-state index is 0.0870. The van der Waals surface area contributed by atoms with E-state index in [-0.39, 0.29) is 11.4 Å². The van der Waals surface area contributed by atoms with Crippen molar-refractivity contribution in [2.24, 2.45) is 0 Å². The predicted molar refractivity (Wildman–Crippen MR) is 75.1 cm³/mol. The maximum atomic E-state index is 9.96. The molecule has 2 rings (SSSR count). The summed E-state index contributed by atoms with van der Waals surface area (Å²) in [6.07, 6.45) is 0. The largest absolute Gasteiger partial charge is 0.505 e. The topological polar surface area (TPSA) is 70.0 Å². The normalized spacial score (nSPS) is 10.1. The second kappa shape index (κ2) is 4.71. The van der Waals surface area contributed by atoms with Gasteiger partial charge >= 0.3 is 0 Å². The highest BCUT2D eigenvalue weighted by atomic mass is 79.9. The van der Waals surface area contributed by atoms with Crippen LogP contribution in [0.15, 0.2) is 34.8 Å². The third-order valence-electron chi connectivity index (χ3n) is 2.88. The molecule has 0 aliphatic heterocycles. The van der Waals surface area contributed by atoms with E-state index in [0.717, 1.165) is 16.7 Å². The van der Waals surface area contributed by atoms with Gasteiger partial charge in [-0.25, -0.2) is 0 Å². The van der Waals surface area contributed by atoms with Crippen molar-refractivity contribution in [3.05, 3.63) is 45.9 Å². The maximum Gasteiger partial charge on any atom is 0.154 e. The Balaban J connectivity index is 2.85. The number of nitriles is 1. The monoisotopic (exact) mass is 302 g/mol. The number of nitrogens with zero attached hydrogens (tertiary/aromatic N) is 1. The van der Waals surface area contributed by atoms with Gasteiger partial charge in [-0.15, -0.1) is 0 Å². The molecule has 0 amide bonds. The Morgan fingerprint density at radius 1 is 1.28 bits per heavy atom. The van der Waals surface area contributed by atoms with Crippen molar-refractivity contribution in [1.82, 2.24) is 0 Å². The van der Waals surface area contributed by atoms with E-state index in [1.54, 1.807) is 0 Å². The molecule has 0 aromatic heterocycles. The molecule has 0 heterocycles. The van der Waals surface area contributed by atoms with Crippen LogP contribution in [0.25, 0.3) is 11.1 Å². The molecule has 0 radical (unpaired) electrons. The van der Waals surface area contributed by atoms with Crippen LogP contribution in [-0.4, -0.2) is 5.11 Å². The lowest BCUT2D eigenvalue weighted by Crippen LogP contribution is -1.98. The summed E-state index contributed by atoms with van der Waals surface area (Å²) in [5.74, 6) is -0.0870. The van der Waals surface area contributed by atoms with Gasteiger partial charge in [0.2, 0.25) is 0 Å². The molecular formula is C14H11BrN2O. The first-order chi connectivity index (χ1) is 8.57. The first-order valence-electron chi connectivity index (χ1n) is 5.34. The van der Waals surface area contributed by atoms with Crippen LogP contribution in [0.1, 0.15) is 11.1 Å². The molecule has 0 fully saturated rings. The zero-order valence-electron chi connectivity index (χ0n) is 9.74. The van der Waals surface area contributed by atoms with Crippen LogP contribution in [-0.2, 0) is 0 Å². The molecule has 2 aromatic rings. The van der Waals surface area contributed by atoms with Crippen LogP contribution in [0, 0.1) is 18.3 Å². The van der Waals surface area contributed by atoms with Crippen LogP contribution in [0.4, 0.5) is 5.69 Å². The number of phenolic OH excluding ortho intramolecular Hbond substituents is 1. The molecule has 0 aliphatic carbocycles. The van der Waals surface area contributed by atoms with Crippen LogP contribution in [0.2, 0.25) is 0 Å². The number of hydrogen-bond donors (Lipinski definition) is 2. The van der Waals surface area contributed by atoms with E-state index in [1.165, 1.54) is 0 Å². The number of aromatic hydroxyl groups is 1. The van der Waals surface area contributed by atoms with Gasteiger partial charge in [-0.3, -0.25) is 0 Å². The van der Waals surface area contributed by atoms with Crippen molar-refractivity contribution >= 4 is 21.6 Å². The molecular weight excluding hydrogens is 292 g/mol. The van der Waals surface area contributed by atoms with Crippen molar-refractivity contribution in [1.29, 1.82) is 5.26 Å². The van der Waals surface area contributed by atoms with Gasteiger partial charge in [0, 0.05) is 5.56 Å². The Morgan fingerprint density at radius 3 is 2.44 bits per heavy atom. The highest BCUT2D eigenvalue weighted by Gasteiger charge is 2.19. The highest BCUT2D eigenvalue weighted by Crippen LogP contribution is 2.43. The van der Waals surface area contributed by atoms with Gasteiger partial charge in [0.1, 0.15) is 6.07 Å². The Bertz CT molecular complexity index is 645. The van der Waals surface area contributed by atoms with Gasteiger partial charge < -0.3 is 10.8 Å². The molecule has 18 heavy (non-hydrogen) atoms. The first-order valence-corrected chi connectivity index (χ1v) is 6.13. The van der Waals surface area contributed by atoms with Gasteiger partial charge in [0.15, 0.2) is 5.75 Å². The summed E-state index contributed by atoms with van der Waals surface area (Å²) in [5, 5.41) is 19.1. The fourth-order valence-electron chi connectivity index (χ4n) is 1.94. The standard InChI is InChI=1S/C14H11BrN2O/c1-8-10(7-16)13(17)14(18)12(15)11(8)9-5-3-2-4-6-9/h2-6,18H,17H2,1H3. The maximum absolute atomic E-state index is 9.96. The fraction of sp³-hybridized carbons (Fsp3) is 0.0714. The number of nitrogen functional groups attached to an aromatic ring is 1. The Morgan fingerprint density at radius 2 is 1.89 bits per heavy atom. The lowest BCUT2D eigenvalue weighted by atomic mass is 9.95. The van der Waals surface area contributed by atoms with Crippen LogP contribution < -0.4 is 5.73 Å². The summed E-state index contributed by atoms with van der Waals surface area (Å²) in [7, 11) is 0. The van der Waals surface area contributed by atoms with E-state index in [1.807, 2.05) is 43.3 Å². The molecule has 0 unspecified atom stereocenters. The van der Waals surface area contributed by atoms with Crippen LogP contribution >= 0.6 is 15.9 Å². The molecule has 3 N–H and O–H groups in total. The van der Waals surface area contributed by atoms with Crippen molar-refractivity contribution in [2.45, 2.75) is 6.92 Å². The summed E-state index contributed by atoms with van der Waals surface area (Å²) in [5.41, 5.74) is 8.64. The average Bonchev–Trinajstić information content (AvgIpc) is 2.38. The fourth-order valence-corrected chi connectivity index (χ4v) is 2.68. The summed E-state index contributed by atoms with van der Waals surface area (Å²) in [6.45, 7) is 1.82. The highest BCUT2D eigenvalue weighted by molar-refractivity contribution is 9.10. The average molecular weight is 303 g/mol. The zero-order chi connectivity index (χ0) is 13.3. The third kappa shape index (κ3) is 1.83. The van der Waals surface area contributed by atoms with Gasteiger partial charge in [0.05, 0.1) is 15.7 Å². The van der Waals surface area contributed by atoms with Gasteiger partial charge in [0.25, 0.3) is 0 Å². The van der Waals surface area contributed by atoms with Gasteiger partial charge in [-0.2, -0.15) is 5.26 Å². The Labute approximate surface area is 114 Å². The van der Waals surface area contributed by atoms with E-state index < -0.39 is 0 Å². The summed E-state index contributed by atoms with van der Waals surface area (Å²) in [4.78, 5) is 0. The number of halogens is 1. The molecule has 90 valence electrons. The number of rotatable bonds is 1. The quantitative estimate of drug-likeness (QED) is 0.625. The number of hydrogen-bond acceptors (Lipinski definition) is 3. The summed E-state index contributed by atoms with van der Waals surface area (Å²) in [6, 6.07) is 11.6. The lowest BCUT2D eigenvalue weighted by Gasteiger charge is -2.14. The lowest BCUT2D eigenvalue weighted by molar-refractivity contribution is 0.474. The van der Waals surface area contributed by atoms with Crippen LogP contribution in [0.5, 0.6) is 5.75 Å². The molecule has 4 heteroatoms. The molecule has 0 aliphatic rings. The second-order valence-electron chi connectivity index (χ2n) is 3.93. The Hall–Kier alpha value is -1.99. The smallest absolute Gasteiger partial charge is 0.154 e. The molecule has 3 nitrogen and oxygen atoms in total. The predicted octanol–water partition coefficient (Wildman–Crippen LogP) is 3.58. The summed E-state index contributed by atoms with van der Waals surface area (Å²) >= 11 is 3.34. The van der Waals surface area contributed by atoms with E-state index >= 15 is 0 Å².